The summed E-state index contributed by atoms with van der Waals surface area (Å²) in [5.74, 6) is -1.32. The normalized spacial score (nSPS) is 16.5. The molecule has 0 spiro atoms. The number of carboxylic acid groups (broad SMARTS) is 1. The van der Waals surface area contributed by atoms with Gasteiger partial charge in [-0.1, -0.05) is 12.5 Å². The molecule has 0 saturated heterocycles. The van der Waals surface area contributed by atoms with Gasteiger partial charge in [-0.2, -0.15) is 0 Å². The van der Waals surface area contributed by atoms with Crippen LogP contribution in [0.5, 0.6) is 0 Å². The monoisotopic (exact) mass is 262 g/mol. The summed E-state index contributed by atoms with van der Waals surface area (Å²) in [5, 5.41) is 9.25. The van der Waals surface area contributed by atoms with Gasteiger partial charge in [0.15, 0.2) is 0 Å². The quantitative estimate of drug-likeness (QED) is 0.837. The zero-order valence-corrected chi connectivity index (χ0v) is 11.2. The number of carbonyl (C=O) groups is 2. The maximum atomic E-state index is 12.3. The molecule has 1 heterocycles. The Hall–Kier alpha value is -1.91. The van der Waals surface area contributed by atoms with Crippen molar-refractivity contribution in [2.75, 3.05) is 7.05 Å². The zero-order chi connectivity index (χ0) is 14.0. The van der Waals surface area contributed by atoms with Crippen LogP contribution < -0.4 is 0 Å². The lowest BCUT2D eigenvalue weighted by Gasteiger charge is -2.38. The van der Waals surface area contributed by atoms with Crippen LogP contribution >= 0.6 is 0 Å². The summed E-state index contributed by atoms with van der Waals surface area (Å²) in [6.45, 7) is 2.23. The molecule has 5 heteroatoms. The number of hydrogen-bond acceptors (Lipinski definition) is 3. The third-order valence-corrected chi connectivity index (χ3v) is 3.72. The van der Waals surface area contributed by atoms with Gasteiger partial charge >= 0.3 is 5.97 Å². The lowest BCUT2D eigenvalue weighted by molar-refractivity contribution is -0.167. The lowest BCUT2D eigenvalue weighted by Crippen LogP contribution is -2.51. The molecular formula is C14H18N2O3. The fourth-order valence-corrected chi connectivity index (χ4v) is 2.42. The Bertz CT molecular complexity index is 509. The predicted octanol–water partition coefficient (Wildman–Crippen LogP) is 1.60. The van der Waals surface area contributed by atoms with Crippen LogP contribution in [-0.2, 0) is 16.1 Å². The van der Waals surface area contributed by atoms with Gasteiger partial charge in [0.1, 0.15) is 5.41 Å². The molecule has 0 atom stereocenters. The second kappa shape index (κ2) is 4.99. The second-order valence-electron chi connectivity index (χ2n) is 5.17. The van der Waals surface area contributed by atoms with Crippen LogP contribution in [0.4, 0.5) is 0 Å². The van der Waals surface area contributed by atoms with Gasteiger partial charge in [0.2, 0.25) is 5.91 Å². The molecule has 1 aromatic heterocycles. The number of amides is 1. The van der Waals surface area contributed by atoms with Crippen LogP contribution in [0.3, 0.4) is 0 Å². The number of nitrogens with zero attached hydrogens (tertiary/aromatic N) is 2. The van der Waals surface area contributed by atoms with E-state index in [4.69, 9.17) is 0 Å². The van der Waals surface area contributed by atoms with E-state index in [0.29, 0.717) is 19.4 Å². The van der Waals surface area contributed by atoms with Gasteiger partial charge in [0.05, 0.1) is 12.2 Å². The first-order chi connectivity index (χ1) is 8.95. The van der Waals surface area contributed by atoms with Crippen LogP contribution in [0.1, 0.15) is 30.7 Å². The summed E-state index contributed by atoms with van der Waals surface area (Å²) < 4.78 is 0. The highest BCUT2D eigenvalue weighted by Gasteiger charge is 2.52. The van der Waals surface area contributed by atoms with Crippen LogP contribution in [0.15, 0.2) is 18.2 Å². The molecular weight excluding hydrogens is 244 g/mol. The first kappa shape index (κ1) is 13.5. The Balaban J connectivity index is 2.09. The molecule has 1 amide bonds. The number of aliphatic carboxylic acids is 1. The van der Waals surface area contributed by atoms with Crippen molar-refractivity contribution in [1.82, 2.24) is 9.88 Å². The molecule has 2 rings (SSSR count). The molecule has 1 fully saturated rings. The summed E-state index contributed by atoms with van der Waals surface area (Å²) in [5.41, 5.74) is 0.462. The Kier molecular flexibility index (Phi) is 3.55. The largest absolute Gasteiger partial charge is 0.480 e. The van der Waals surface area contributed by atoms with E-state index >= 15 is 0 Å². The highest BCUT2D eigenvalue weighted by Crippen LogP contribution is 2.42. The van der Waals surface area contributed by atoms with E-state index in [-0.39, 0.29) is 5.91 Å². The van der Waals surface area contributed by atoms with Gasteiger partial charge in [-0.15, -0.1) is 0 Å². The molecule has 0 unspecified atom stereocenters. The van der Waals surface area contributed by atoms with E-state index in [9.17, 15) is 14.7 Å². The van der Waals surface area contributed by atoms with E-state index in [1.165, 1.54) is 4.90 Å². The maximum absolute atomic E-state index is 12.3. The summed E-state index contributed by atoms with van der Waals surface area (Å²) in [6, 6.07) is 5.60. The van der Waals surface area contributed by atoms with Gasteiger partial charge in [0.25, 0.3) is 0 Å². The van der Waals surface area contributed by atoms with E-state index < -0.39 is 11.4 Å². The highest BCUT2D eigenvalue weighted by molar-refractivity contribution is 6.02. The Morgan fingerprint density at radius 2 is 2.11 bits per heavy atom. The van der Waals surface area contributed by atoms with Crippen molar-refractivity contribution in [3.63, 3.8) is 0 Å². The predicted molar refractivity (Wildman–Crippen MR) is 69.4 cm³/mol. The standard InChI is InChI=1S/C14H18N2O3/c1-10-5-3-6-11(15-10)9-16(2)12(17)14(13(18)19)7-4-8-14/h3,5-6H,4,7-9H2,1-2H3,(H,18,19). The number of aromatic nitrogens is 1. The van der Waals surface area contributed by atoms with Crippen LogP contribution in [0, 0.1) is 12.3 Å². The average Bonchev–Trinajstić information content (AvgIpc) is 2.26. The fourth-order valence-electron chi connectivity index (χ4n) is 2.42. The number of carboxylic acids is 1. The Labute approximate surface area is 112 Å². The number of rotatable bonds is 4. The summed E-state index contributed by atoms with van der Waals surface area (Å²) in [6.07, 6.45) is 1.67. The molecule has 5 nitrogen and oxygen atoms in total. The van der Waals surface area contributed by atoms with Crippen molar-refractivity contribution in [2.45, 2.75) is 32.7 Å². The van der Waals surface area contributed by atoms with Crippen LogP contribution in [0.25, 0.3) is 0 Å². The molecule has 0 aromatic carbocycles. The van der Waals surface area contributed by atoms with E-state index in [1.54, 1.807) is 7.05 Å². The van der Waals surface area contributed by atoms with Crippen molar-refractivity contribution in [1.29, 1.82) is 0 Å². The Morgan fingerprint density at radius 1 is 1.42 bits per heavy atom. The molecule has 1 saturated carbocycles. The molecule has 1 N–H and O–H groups in total. The van der Waals surface area contributed by atoms with Crippen LogP contribution in [-0.4, -0.2) is 33.9 Å². The molecule has 0 bridgehead atoms. The van der Waals surface area contributed by atoms with E-state index in [2.05, 4.69) is 4.98 Å². The van der Waals surface area contributed by atoms with E-state index in [0.717, 1.165) is 17.8 Å². The maximum Gasteiger partial charge on any atom is 0.319 e. The second-order valence-corrected chi connectivity index (χ2v) is 5.17. The molecule has 1 aromatic rings. The molecule has 1 aliphatic rings. The third-order valence-electron chi connectivity index (χ3n) is 3.72. The lowest BCUT2D eigenvalue weighted by atomic mass is 9.68. The highest BCUT2D eigenvalue weighted by atomic mass is 16.4. The molecule has 19 heavy (non-hydrogen) atoms. The van der Waals surface area contributed by atoms with Crippen molar-refractivity contribution in [3.8, 4) is 0 Å². The average molecular weight is 262 g/mol. The minimum Gasteiger partial charge on any atom is -0.480 e. The minimum atomic E-state index is -1.20. The number of pyridine rings is 1. The van der Waals surface area contributed by atoms with Gasteiger partial charge in [-0.05, 0) is 31.9 Å². The number of carbonyl (C=O) groups excluding carboxylic acids is 1. The van der Waals surface area contributed by atoms with Crippen molar-refractivity contribution in [3.05, 3.63) is 29.6 Å². The van der Waals surface area contributed by atoms with Crippen molar-refractivity contribution >= 4 is 11.9 Å². The molecule has 0 aliphatic heterocycles. The molecule has 102 valence electrons. The van der Waals surface area contributed by atoms with Crippen molar-refractivity contribution in [2.24, 2.45) is 5.41 Å². The summed E-state index contributed by atoms with van der Waals surface area (Å²) in [4.78, 5) is 29.4. The van der Waals surface area contributed by atoms with Gasteiger partial charge < -0.3 is 10.0 Å². The minimum absolute atomic E-state index is 0.311. The summed E-state index contributed by atoms with van der Waals surface area (Å²) in [7, 11) is 1.63. The first-order valence-corrected chi connectivity index (χ1v) is 6.37. The SMILES string of the molecule is Cc1cccc(CN(C)C(=O)C2(C(=O)O)CCC2)n1. The van der Waals surface area contributed by atoms with Gasteiger partial charge in [-0.3, -0.25) is 14.6 Å². The number of aryl methyl sites for hydroxylation is 1. The van der Waals surface area contributed by atoms with Crippen molar-refractivity contribution < 1.29 is 14.7 Å². The van der Waals surface area contributed by atoms with E-state index in [1.807, 2.05) is 25.1 Å². The smallest absolute Gasteiger partial charge is 0.319 e. The number of hydrogen-bond donors (Lipinski definition) is 1. The topological polar surface area (TPSA) is 70.5 Å². The fraction of sp³-hybridized carbons (Fsp3) is 0.500. The van der Waals surface area contributed by atoms with Crippen LogP contribution in [0.2, 0.25) is 0 Å². The summed E-state index contributed by atoms with van der Waals surface area (Å²) >= 11 is 0. The molecule has 1 aliphatic carbocycles. The van der Waals surface area contributed by atoms with Gasteiger partial charge in [0, 0.05) is 12.7 Å². The van der Waals surface area contributed by atoms with Gasteiger partial charge in [-0.25, -0.2) is 0 Å². The molecule has 0 radical (unpaired) electrons. The zero-order valence-electron chi connectivity index (χ0n) is 11.2. The Morgan fingerprint density at radius 3 is 2.58 bits per heavy atom. The third kappa shape index (κ3) is 2.45. The first-order valence-electron chi connectivity index (χ1n) is 6.37.